The van der Waals surface area contributed by atoms with Crippen molar-refractivity contribution in [1.82, 2.24) is 0 Å². The summed E-state index contributed by atoms with van der Waals surface area (Å²) in [5.74, 6) is -1.21. The Morgan fingerprint density at radius 1 is 1.27 bits per heavy atom. The van der Waals surface area contributed by atoms with E-state index in [9.17, 15) is 5.11 Å². The second-order valence-corrected chi connectivity index (χ2v) is 4.06. The van der Waals surface area contributed by atoms with Crippen molar-refractivity contribution in [3.05, 3.63) is 35.9 Å². The van der Waals surface area contributed by atoms with E-state index in [1.165, 1.54) is 0 Å². The van der Waals surface area contributed by atoms with E-state index in [1.807, 2.05) is 30.3 Å². The predicted molar refractivity (Wildman–Crippen MR) is 58.4 cm³/mol. The maximum atomic E-state index is 9.46. The van der Waals surface area contributed by atoms with Crippen molar-refractivity contribution >= 4 is 0 Å². The van der Waals surface area contributed by atoms with E-state index in [0.717, 1.165) is 5.56 Å². The molecule has 1 aromatic rings. The highest BCUT2D eigenvalue weighted by molar-refractivity contribution is 5.15. The number of hydrogen-bond acceptors (Lipinski definition) is 3. The van der Waals surface area contributed by atoms with Crippen molar-refractivity contribution < 1.29 is 14.9 Å². The molecule has 0 aliphatic carbocycles. The Kier molecular flexibility index (Phi) is 4.27. The molecule has 1 rings (SSSR count). The lowest BCUT2D eigenvalue weighted by atomic mass is 10.1. The van der Waals surface area contributed by atoms with Crippen LogP contribution >= 0.6 is 0 Å². The van der Waals surface area contributed by atoms with Gasteiger partial charge in [-0.1, -0.05) is 30.3 Å². The highest BCUT2D eigenvalue weighted by Crippen LogP contribution is 2.12. The van der Waals surface area contributed by atoms with Crippen LogP contribution in [-0.4, -0.2) is 28.7 Å². The van der Waals surface area contributed by atoms with Crippen molar-refractivity contribution in [3.63, 3.8) is 0 Å². The molecule has 2 N–H and O–H groups in total. The van der Waals surface area contributed by atoms with Gasteiger partial charge in [-0.15, -0.1) is 0 Å². The second-order valence-electron chi connectivity index (χ2n) is 4.06. The molecule has 0 aliphatic rings. The summed E-state index contributed by atoms with van der Waals surface area (Å²) < 4.78 is 5.30. The van der Waals surface area contributed by atoms with Crippen LogP contribution in [0.25, 0.3) is 0 Å². The van der Waals surface area contributed by atoms with Gasteiger partial charge in [0.1, 0.15) is 0 Å². The summed E-state index contributed by atoms with van der Waals surface area (Å²) in [6.07, 6.45) is 0.230. The van der Waals surface area contributed by atoms with Crippen LogP contribution in [0.4, 0.5) is 0 Å². The average Bonchev–Trinajstić information content (AvgIpc) is 2.16. The third-order valence-electron chi connectivity index (χ3n) is 1.96. The Hall–Kier alpha value is -0.900. The quantitative estimate of drug-likeness (QED) is 0.721. The van der Waals surface area contributed by atoms with Gasteiger partial charge >= 0.3 is 0 Å². The Morgan fingerprint density at radius 2 is 1.87 bits per heavy atom. The Morgan fingerprint density at radius 3 is 2.33 bits per heavy atom. The van der Waals surface area contributed by atoms with Gasteiger partial charge in [-0.2, -0.15) is 0 Å². The molecule has 0 amide bonds. The molecule has 3 heteroatoms. The summed E-state index contributed by atoms with van der Waals surface area (Å²) in [5, 5.41) is 18.6. The zero-order chi connectivity index (χ0) is 11.3. The smallest absolute Gasteiger partial charge is 0.160 e. The van der Waals surface area contributed by atoms with Gasteiger partial charge in [0.15, 0.2) is 5.79 Å². The summed E-state index contributed by atoms with van der Waals surface area (Å²) >= 11 is 0. The van der Waals surface area contributed by atoms with Crippen LogP contribution in [0.1, 0.15) is 19.4 Å². The number of aliphatic hydroxyl groups excluding tert-OH is 1. The van der Waals surface area contributed by atoms with Gasteiger partial charge in [-0.25, -0.2) is 0 Å². The van der Waals surface area contributed by atoms with Gasteiger partial charge in [0.05, 0.1) is 12.7 Å². The monoisotopic (exact) mass is 210 g/mol. The van der Waals surface area contributed by atoms with Crippen molar-refractivity contribution in [1.29, 1.82) is 0 Å². The molecule has 0 spiro atoms. The van der Waals surface area contributed by atoms with Gasteiger partial charge in [-0.05, 0) is 19.4 Å². The standard InChI is InChI=1S/C12H18O3/c1-12(2,14)15-11(9-13)8-10-6-4-3-5-7-10/h3-7,11,13-14H,8-9H2,1-2H3/t11-/m1/s1. The molecule has 0 saturated carbocycles. The molecular formula is C12H18O3. The summed E-state index contributed by atoms with van der Waals surface area (Å²) in [6, 6.07) is 9.75. The molecule has 0 aromatic heterocycles. The molecule has 0 heterocycles. The summed E-state index contributed by atoms with van der Waals surface area (Å²) in [5.41, 5.74) is 1.08. The van der Waals surface area contributed by atoms with Crippen LogP contribution in [0.15, 0.2) is 30.3 Å². The van der Waals surface area contributed by atoms with Crippen LogP contribution in [0, 0.1) is 0 Å². The Labute approximate surface area is 90.3 Å². The average molecular weight is 210 g/mol. The zero-order valence-corrected chi connectivity index (χ0v) is 9.18. The van der Waals surface area contributed by atoms with Gasteiger partial charge in [0.25, 0.3) is 0 Å². The van der Waals surface area contributed by atoms with E-state index in [2.05, 4.69) is 0 Å². The van der Waals surface area contributed by atoms with E-state index in [-0.39, 0.29) is 12.7 Å². The van der Waals surface area contributed by atoms with Crippen molar-refractivity contribution in [2.75, 3.05) is 6.61 Å². The second kappa shape index (κ2) is 5.26. The third-order valence-corrected chi connectivity index (χ3v) is 1.96. The van der Waals surface area contributed by atoms with Crippen molar-refractivity contribution in [2.45, 2.75) is 32.2 Å². The fraction of sp³-hybridized carbons (Fsp3) is 0.500. The molecule has 84 valence electrons. The lowest BCUT2D eigenvalue weighted by molar-refractivity contribution is -0.211. The first-order valence-electron chi connectivity index (χ1n) is 5.06. The van der Waals surface area contributed by atoms with Gasteiger partial charge in [0, 0.05) is 6.42 Å². The van der Waals surface area contributed by atoms with E-state index >= 15 is 0 Å². The summed E-state index contributed by atoms with van der Waals surface area (Å²) in [4.78, 5) is 0. The minimum absolute atomic E-state index is 0.0983. The van der Waals surface area contributed by atoms with Crippen LogP contribution in [0.5, 0.6) is 0 Å². The maximum absolute atomic E-state index is 9.46. The number of rotatable bonds is 5. The van der Waals surface area contributed by atoms with Crippen LogP contribution in [0.3, 0.4) is 0 Å². The van der Waals surface area contributed by atoms with Gasteiger partial charge in [-0.3, -0.25) is 0 Å². The SMILES string of the molecule is CC(C)(O)O[C@@H](CO)Cc1ccccc1. The maximum Gasteiger partial charge on any atom is 0.160 e. The van der Waals surface area contributed by atoms with Crippen LogP contribution < -0.4 is 0 Å². The number of hydrogen-bond donors (Lipinski definition) is 2. The lowest BCUT2D eigenvalue weighted by Crippen LogP contribution is -2.33. The third kappa shape index (κ3) is 4.93. The van der Waals surface area contributed by atoms with Gasteiger partial charge in [0.2, 0.25) is 0 Å². The first-order chi connectivity index (χ1) is 7.01. The van der Waals surface area contributed by atoms with Crippen LogP contribution in [0.2, 0.25) is 0 Å². The van der Waals surface area contributed by atoms with E-state index in [4.69, 9.17) is 9.84 Å². The first kappa shape index (κ1) is 12.2. The minimum Gasteiger partial charge on any atom is -0.394 e. The normalized spacial score (nSPS) is 13.9. The molecule has 1 atom stereocenters. The van der Waals surface area contributed by atoms with Crippen molar-refractivity contribution in [3.8, 4) is 0 Å². The number of ether oxygens (including phenoxy) is 1. The molecule has 15 heavy (non-hydrogen) atoms. The van der Waals surface area contributed by atoms with E-state index in [0.29, 0.717) is 6.42 Å². The topological polar surface area (TPSA) is 49.7 Å². The Bertz CT molecular complexity index is 277. The molecule has 1 aromatic carbocycles. The molecule has 0 fully saturated rings. The van der Waals surface area contributed by atoms with Gasteiger partial charge < -0.3 is 14.9 Å². The minimum atomic E-state index is -1.21. The first-order valence-corrected chi connectivity index (χ1v) is 5.06. The molecule has 0 aliphatic heterocycles. The highest BCUT2D eigenvalue weighted by Gasteiger charge is 2.19. The number of benzene rings is 1. The molecule has 0 radical (unpaired) electrons. The predicted octanol–water partition coefficient (Wildman–Crippen LogP) is 1.33. The summed E-state index contributed by atoms with van der Waals surface area (Å²) in [6.45, 7) is 3.01. The lowest BCUT2D eigenvalue weighted by Gasteiger charge is -2.25. The van der Waals surface area contributed by atoms with E-state index < -0.39 is 5.79 Å². The zero-order valence-electron chi connectivity index (χ0n) is 9.18. The number of aliphatic hydroxyl groups is 2. The molecule has 0 saturated heterocycles. The van der Waals surface area contributed by atoms with Crippen molar-refractivity contribution in [2.24, 2.45) is 0 Å². The molecule has 3 nitrogen and oxygen atoms in total. The Balaban J connectivity index is 2.55. The molecule has 0 unspecified atom stereocenters. The summed E-state index contributed by atoms with van der Waals surface area (Å²) in [7, 11) is 0. The van der Waals surface area contributed by atoms with Crippen LogP contribution in [-0.2, 0) is 11.2 Å². The largest absolute Gasteiger partial charge is 0.394 e. The van der Waals surface area contributed by atoms with E-state index in [1.54, 1.807) is 13.8 Å². The molecular weight excluding hydrogens is 192 g/mol. The highest BCUT2D eigenvalue weighted by atomic mass is 16.6. The fourth-order valence-corrected chi connectivity index (χ4v) is 1.43. The fourth-order valence-electron chi connectivity index (χ4n) is 1.43. The molecule has 0 bridgehead atoms.